The van der Waals surface area contributed by atoms with Gasteiger partial charge in [0.05, 0.1) is 6.61 Å². The predicted octanol–water partition coefficient (Wildman–Crippen LogP) is 0.352. The van der Waals surface area contributed by atoms with Crippen molar-refractivity contribution in [1.82, 2.24) is 9.97 Å². The van der Waals surface area contributed by atoms with E-state index in [1.54, 1.807) is 6.07 Å². The van der Waals surface area contributed by atoms with E-state index in [1.165, 1.54) is 0 Å². The molecule has 7 nitrogen and oxygen atoms in total. The van der Waals surface area contributed by atoms with Crippen LogP contribution in [0.2, 0.25) is 0 Å². The minimum atomic E-state index is -0.0278. The highest BCUT2D eigenvalue weighted by Gasteiger charge is 2.09. The van der Waals surface area contributed by atoms with Crippen molar-refractivity contribution in [3.63, 3.8) is 0 Å². The second-order valence-corrected chi connectivity index (χ2v) is 3.80. The van der Waals surface area contributed by atoms with Gasteiger partial charge in [0.15, 0.2) is 5.84 Å². The molecular formula is C11H19N5O2. The lowest BCUT2D eigenvalue weighted by Gasteiger charge is -2.17. The van der Waals surface area contributed by atoms with Gasteiger partial charge in [-0.2, -0.15) is 0 Å². The lowest BCUT2D eigenvalue weighted by atomic mass is 10.3. The zero-order valence-corrected chi connectivity index (χ0v) is 10.9. The molecule has 0 atom stereocenters. The van der Waals surface area contributed by atoms with E-state index in [9.17, 15) is 0 Å². The van der Waals surface area contributed by atoms with E-state index >= 15 is 0 Å². The first kappa shape index (κ1) is 14.2. The molecule has 0 aliphatic heterocycles. The number of amidine groups is 1. The minimum absolute atomic E-state index is 0.0278. The Morgan fingerprint density at radius 3 is 2.89 bits per heavy atom. The summed E-state index contributed by atoms with van der Waals surface area (Å²) in [6.45, 7) is 5.73. The number of oxime groups is 1. The summed E-state index contributed by atoms with van der Waals surface area (Å²) in [7, 11) is 1.86. The predicted molar refractivity (Wildman–Crippen MR) is 69.0 cm³/mol. The van der Waals surface area contributed by atoms with Crippen LogP contribution in [0.3, 0.4) is 0 Å². The second-order valence-electron chi connectivity index (χ2n) is 3.80. The molecule has 1 aromatic heterocycles. The minimum Gasteiger partial charge on any atom is -0.409 e. The molecule has 1 aromatic rings. The Morgan fingerprint density at radius 1 is 1.56 bits per heavy atom. The molecule has 0 saturated carbocycles. The lowest BCUT2D eigenvalue weighted by Crippen LogP contribution is -2.26. The highest BCUT2D eigenvalue weighted by atomic mass is 16.5. The summed E-state index contributed by atoms with van der Waals surface area (Å²) in [5.74, 6) is 0.497. The van der Waals surface area contributed by atoms with Crippen LogP contribution in [-0.2, 0) is 4.74 Å². The van der Waals surface area contributed by atoms with Gasteiger partial charge in [-0.25, -0.2) is 9.97 Å². The largest absolute Gasteiger partial charge is 0.409 e. The fourth-order valence-corrected chi connectivity index (χ4v) is 1.35. The fraction of sp³-hybridized carbons (Fsp3) is 0.545. The number of anilines is 1. The van der Waals surface area contributed by atoms with Crippen LogP contribution in [0.4, 0.5) is 5.95 Å². The van der Waals surface area contributed by atoms with Gasteiger partial charge in [0.2, 0.25) is 5.95 Å². The quantitative estimate of drug-likeness (QED) is 0.250. The number of likely N-dealkylation sites (N-methyl/N-ethyl adjacent to an activating group) is 1. The van der Waals surface area contributed by atoms with E-state index in [4.69, 9.17) is 15.7 Å². The maximum Gasteiger partial charge on any atom is 0.226 e. The average molecular weight is 253 g/mol. The molecule has 0 radical (unpaired) electrons. The van der Waals surface area contributed by atoms with E-state index in [-0.39, 0.29) is 5.84 Å². The van der Waals surface area contributed by atoms with E-state index in [1.807, 2.05) is 25.8 Å². The Bertz CT molecular complexity index is 422. The van der Waals surface area contributed by atoms with Crippen molar-refractivity contribution in [3.8, 4) is 0 Å². The number of aromatic nitrogens is 2. The van der Waals surface area contributed by atoms with Crippen molar-refractivity contribution in [2.45, 2.75) is 13.8 Å². The van der Waals surface area contributed by atoms with Crippen molar-refractivity contribution >= 4 is 11.8 Å². The number of nitrogens with two attached hydrogens (primary N) is 1. The molecule has 0 unspecified atom stereocenters. The van der Waals surface area contributed by atoms with Crippen molar-refractivity contribution < 1.29 is 9.94 Å². The van der Waals surface area contributed by atoms with Crippen LogP contribution < -0.4 is 10.6 Å². The second kappa shape index (κ2) is 6.75. The molecule has 0 amide bonds. The Morgan fingerprint density at radius 2 is 2.28 bits per heavy atom. The summed E-state index contributed by atoms with van der Waals surface area (Å²) in [5, 5.41) is 11.6. The van der Waals surface area contributed by atoms with Crippen LogP contribution in [0.1, 0.15) is 18.3 Å². The van der Waals surface area contributed by atoms with Crippen LogP contribution in [0.5, 0.6) is 0 Å². The van der Waals surface area contributed by atoms with E-state index in [2.05, 4.69) is 15.1 Å². The van der Waals surface area contributed by atoms with Gasteiger partial charge >= 0.3 is 0 Å². The smallest absolute Gasteiger partial charge is 0.226 e. The Labute approximate surface area is 106 Å². The molecule has 0 saturated heterocycles. The number of ether oxygens (including phenoxy) is 1. The first-order valence-corrected chi connectivity index (χ1v) is 5.71. The molecule has 3 N–H and O–H groups in total. The van der Waals surface area contributed by atoms with Crippen LogP contribution in [0.15, 0.2) is 11.2 Å². The first-order chi connectivity index (χ1) is 8.58. The standard InChI is InChI=1S/C11H19N5O2/c1-4-18-6-5-16(3)11-13-8(2)7-9(14-11)10(12)15-17/h7,17H,4-6H2,1-3H3,(H2,12,15). The van der Waals surface area contributed by atoms with Gasteiger partial charge in [-0.05, 0) is 19.9 Å². The highest BCUT2D eigenvalue weighted by Crippen LogP contribution is 2.08. The molecule has 1 heterocycles. The molecule has 0 aromatic carbocycles. The maximum absolute atomic E-state index is 8.65. The normalized spacial score (nSPS) is 11.6. The summed E-state index contributed by atoms with van der Waals surface area (Å²) in [6.07, 6.45) is 0. The molecule has 7 heteroatoms. The molecule has 0 aliphatic rings. The van der Waals surface area contributed by atoms with Crippen molar-refractivity contribution in [2.75, 3.05) is 31.7 Å². The van der Waals surface area contributed by atoms with Crippen LogP contribution in [-0.4, -0.2) is 47.8 Å². The molecule has 0 bridgehead atoms. The molecular weight excluding hydrogens is 234 g/mol. The van der Waals surface area contributed by atoms with E-state index in [0.29, 0.717) is 31.4 Å². The summed E-state index contributed by atoms with van der Waals surface area (Å²) in [4.78, 5) is 10.4. The topological polar surface area (TPSA) is 96.9 Å². The Kier molecular flexibility index (Phi) is 5.31. The SMILES string of the molecule is CCOCCN(C)c1nc(C)cc(/C(N)=N/O)n1. The van der Waals surface area contributed by atoms with Gasteiger partial charge in [-0.3, -0.25) is 0 Å². The monoisotopic (exact) mass is 253 g/mol. The number of nitrogens with zero attached hydrogens (tertiary/aromatic N) is 4. The number of rotatable bonds is 6. The molecule has 100 valence electrons. The molecule has 1 rings (SSSR count). The van der Waals surface area contributed by atoms with Gasteiger partial charge < -0.3 is 20.6 Å². The Balaban J connectivity index is 2.85. The molecule has 18 heavy (non-hydrogen) atoms. The van der Waals surface area contributed by atoms with E-state index in [0.717, 1.165) is 5.69 Å². The maximum atomic E-state index is 8.65. The number of hydrogen-bond acceptors (Lipinski definition) is 6. The van der Waals surface area contributed by atoms with Gasteiger partial charge in [0.25, 0.3) is 0 Å². The van der Waals surface area contributed by atoms with Crippen molar-refractivity contribution in [2.24, 2.45) is 10.9 Å². The van der Waals surface area contributed by atoms with Gasteiger partial charge in [0.1, 0.15) is 5.69 Å². The molecule has 0 spiro atoms. The zero-order chi connectivity index (χ0) is 13.5. The van der Waals surface area contributed by atoms with Gasteiger partial charge in [-0.1, -0.05) is 5.16 Å². The number of aryl methyl sites for hydroxylation is 1. The van der Waals surface area contributed by atoms with E-state index < -0.39 is 0 Å². The molecule has 0 aliphatic carbocycles. The fourth-order valence-electron chi connectivity index (χ4n) is 1.35. The Hall–Kier alpha value is -1.89. The average Bonchev–Trinajstić information content (AvgIpc) is 2.37. The third kappa shape index (κ3) is 3.85. The van der Waals surface area contributed by atoms with Crippen molar-refractivity contribution in [3.05, 3.63) is 17.5 Å². The highest BCUT2D eigenvalue weighted by molar-refractivity contribution is 5.95. The summed E-state index contributed by atoms with van der Waals surface area (Å²) in [6, 6.07) is 1.66. The zero-order valence-electron chi connectivity index (χ0n) is 10.9. The van der Waals surface area contributed by atoms with Crippen LogP contribution in [0.25, 0.3) is 0 Å². The third-order valence-corrected chi connectivity index (χ3v) is 2.33. The first-order valence-electron chi connectivity index (χ1n) is 5.71. The van der Waals surface area contributed by atoms with Gasteiger partial charge in [-0.15, -0.1) is 0 Å². The summed E-state index contributed by atoms with van der Waals surface area (Å²) < 4.78 is 5.27. The van der Waals surface area contributed by atoms with Crippen LogP contribution in [0, 0.1) is 6.92 Å². The summed E-state index contributed by atoms with van der Waals surface area (Å²) >= 11 is 0. The summed E-state index contributed by atoms with van der Waals surface area (Å²) in [5.41, 5.74) is 6.68. The van der Waals surface area contributed by atoms with Crippen molar-refractivity contribution in [1.29, 1.82) is 0 Å². The third-order valence-electron chi connectivity index (χ3n) is 2.33. The number of hydrogen-bond donors (Lipinski definition) is 2. The van der Waals surface area contributed by atoms with Gasteiger partial charge in [0, 0.05) is 25.9 Å². The van der Waals surface area contributed by atoms with Crippen LogP contribution >= 0.6 is 0 Å². The molecule has 0 fully saturated rings. The lowest BCUT2D eigenvalue weighted by molar-refractivity contribution is 0.154.